The molecule has 0 saturated heterocycles. The van der Waals surface area contributed by atoms with Gasteiger partial charge in [0, 0.05) is 30.9 Å². The topological polar surface area (TPSA) is 139 Å². The molecule has 0 aliphatic carbocycles. The molecule has 1 aliphatic rings. The number of fused-ring (bicyclic) bond motifs is 1. The zero-order valence-electron chi connectivity index (χ0n) is 18.0. The molecule has 3 N–H and O–H groups in total. The van der Waals surface area contributed by atoms with Crippen LogP contribution in [0.15, 0.2) is 72.8 Å². The molecule has 0 atom stereocenters. The average Bonchev–Trinajstić information content (AvgIpc) is 3.08. The van der Waals surface area contributed by atoms with E-state index in [0.717, 1.165) is 11.0 Å². The van der Waals surface area contributed by atoms with Gasteiger partial charge in [-0.05, 0) is 48.9 Å². The zero-order valence-corrected chi connectivity index (χ0v) is 18.0. The highest BCUT2D eigenvalue weighted by Crippen LogP contribution is 2.28. The highest BCUT2D eigenvalue weighted by molar-refractivity contribution is 6.21. The number of anilines is 3. The van der Waals surface area contributed by atoms with Gasteiger partial charge in [0.1, 0.15) is 0 Å². The largest absolute Gasteiger partial charge is 0.399 e. The number of hydrogen-bond acceptors (Lipinski definition) is 6. The van der Waals surface area contributed by atoms with Gasteiger partial charge in [0.25, 0.3) is 17.5 Å². The number of nitrogens with zero attached hydrogens (tertiary/aromatic N) is 3. The summed E-state index contributed by atoms with van der Waals surface area (Å²) in [6.07, 6.45) is 0.309. The van der Waals surface area contributed by atoms with E-state index in [-0.39, 0.29) is 35.9 Å². The Kier molecular flexibility index (Phi) is 6.22. The van der Waals surface area contributed by atoms with E-state index in [9.17, 15) is 24.5 Å². The number of nitrogen functional groups attached to an aromatic ring is 1. The van der Waals surface area contributed by atoms with Crippen LogP contribution in [0.2, 0.25) is 0 Å². The van der Waals surface area contributed by atoms with Gasteiger partial charge >= 0.3 is 6.03 Å². The highest BCUT2D eigenvalue weighted by Gasteiger charge is 2.36. The fourth-order valence-corrected chi connectivity index (χ4v) is 3.69. The number of nitrogens with two attached hydrogens (primary N) is 1. The number of nitrogens with one attached hydrogen (secondary N) is 1. The van der Waals surface area contributed by atoms with Gasteiger partial charge in [-0.1, -0.05) is 18.2 Å². The van der Waals surface area contributed by atoms with Crippen molar-refractivity contribution in [2.24, 2.45) is 0 Å². The Morgan fingerprint density at radius 3 is 2.26 bits per heavy atom. The number of imide groups is 1. The maximum absolute atomic E-state index is 13.0. The summed E-state index contributed by atoms with van der Waals surface area (Å²) < 4.78 is 0. The Balaban J connectivity index is 1.40. The van der Waals surface area contributed by atoms with Gasteiger partial charge in [0.2, 0.25) is 0 Å². The van der Waals surface area contributed by atoms with Gasteiger partial charge in [-0.25, -0.2) is 4.79 Å². The van der Waals surface area contributed by atoms with Crippen molar-refractivity contribution in [2.75, 3.05) is 23.7 Å². The molecule has 3 aromatic carbocycles. The minimum atomic E-state index is -0.615. The fraction of sp³-hybridized carbons (Fsp3) is 0.125. The van der Waals surface area contributed by atoms with E-state index in [0.29, 0.717) is 23.5 Å². The first-order chi connectivity index (χ1) is 16.4. The van der Waals surface area contributed by atoms with Crippen molar-refractivity contribution in [3.05, 3.63) is 94.0 Å². The van der Waals surface area contributed by atoms with Crippen molar-refractivity contribution in [2.45, 2.75) is 6.42 Å². The van der Waals surface area contributed by atoms with Gasteiger partial charge in [0.05, 0.1) is 27.4 Å². The van der Waals surface area contributed by atoms with E-state index in [4.69, 9.17) is 5.73 Å². The molecule has 0 aromatic heterocycles. The molecule has 4 amide bonds. The smallest absolute Gasteiger partial charge is 0.326 e. The molecule has 10 nitrogen and oxygen atoms in total. The van der Waals surface area contributed by atoms with Crippen LogP contribution < -0.4 is 16.0 Å². The monoisotopic (exact) mass is 459 g/mol. The predicted molar refractivity (Wildman–Crippen MR) is 126 cm³/mol. The lowest BCUT2D eigenvalue weighted by Gasteiger charge is -2.24. The van der Waals surface area contributed by atoms with Gasteiger partial charge in [-0.3, -0.25) is 29.5 Å². The van der Waals surface area contributed by atoms with Crippen LogP contribution in [0.5, 0.6) is 0 Å². The first-order valence-corrected chi connectivity index (χ1v) is 10.5. The van der Waals surface area contributed by atoms with Crippen LogP contribution in [0.1, 0.15) is 27.1 Å². The molecule has 10 heteroatoms. The van der Waals surface area contributed by atoms with Crippen LogP contribution in [-0.2, 0) is 0 Å². The minimum absolute atomic E-state index is 0.0156. The Morgan fingerprint density at radius 1 is 0.941 bits per heavy atom. The second-order valence-corrected chi connectivity index (χ2v) is 7.60. The lowest BCUT2D eigenvalue weighted by Crippen LogP contribution is -2.39. The van der Waals surface area contributed by atoms with E-state index < -0.39 is 16.7 Å². The van der Waals surface area contributed by atoms with Gasteiger partial charge in [-0.2, -0.15) is 0 Å². The molecule has 0 fully saturated rings. The quantitative estimate of drug-likeness (QED) is 0.182. The van der Waals surface area contributed by atoms with Crippen LogP contribution in [-0.4, -0.2) is 40.8 Å². The lowest BCUT2D eigenvalue weighted by atomic mass is 10.1. The SMILES string of the molecule is Nc1ccc(N(C(=O)NCCCN2C(=O)c3ccc([N+](=O)[O-])cc3C2=O)c2ccccc2)cc1. The highest BCUT2D eigenvalue weighted by atomic mass is 16.6. The number of rotatable bonds is 7. The van der Waals surface area contributed by atoms with E-state index in [1.807, 2.05) is 18.2 Å². The summed E-state index contributed by atoms with van der Waals surface area (Å²) in [4.78, 5) is 51.0. The zero-order chi connectivity index (χ0) is 24.2. The first kappa shape index (κ1) is 22.5. The summed E-state index contributed by atoms with van der Waals surface area (Å²) in [5, 5.41) is 13.8. The van der Waals surface area contributed by atoms with Gasteiger partial charge in [0.15, 0.2) is 0 Å². The number of carbonyl (C=O) groups is 3. The van der Waals surface area contributed by atoms with Crippen LogP contribution in [0.4, 0.5) is 27.5 Å². The molecular formula is C24H21N5O5. The third-order valence-electron chi connectivity index (χ3n) is 5.37. The molecule has 0 saturated carbocycles. The van der Waals surface area contributed by atoms with Crippen LogP contribution in [0.3, 0.4) is 0 Å². The molecular weight excluding hydrogens is 438 g/mol. The summed E-state index contributed by atoms with van der Waals surface area (Å²) in [6.45, 7) is 0.262. The van der Waals surface area contributed by atoms with Crippen molar-refractivity contribution in [1.82, 2.24) is 10.2 Å². The van der Waals surface area contributed by atoms with E-state index in [1.165, 1.54) is 17.0 Å². The number of benzene rings is 3. The second kappa shape index (κ2) is 9.41. The number of nitro benzene ring substituents is 1. The lowest BCUT2D eigenvalue weighted by molar-refractivity contribution is -0.384. The number of carbonyl (C=O) groups excluding carboxylic acids is 3. The molecule has 0 bridgehead atoms. The Hall–Kier alpha value is -4.73. The van der Waals surface area contributed by atoms with Crippen molar-refractivity contribution in [1.29, 1.82) is 0 Å². The maximum Gasteiger partial charge on any atom is 0.326 e. The van der Waals surface area contributed by atoms with Crippen molar-refractivity contribution >= 4 is 40.6 Å². The van der Waals surface area contributed by atoms with E-state index in [2.05, 4.69) is 5.32 Å². The van der Waals surface area contributed by atoms with Crippen molar-refractivity contribution in [3.8, 4) is 0 Å². The Bertz CT molecular complexity index is 1260. The third kappa shape index (κ3) is 4.42. The Morgan fingerprint density at radius 2 is 1.59 bits per heavy atom. The molecule has 3 aromatic rings. The summed E-state index contributed by atoms with van der Waals surface area (Å²) in [6, 6.07) is 19.2. The number of nitro groups is 1. The summed E-state index contributed by atoms with van der Waals surface area (Å²) in [5.41, 5.74) is 7.52. The average molecular weight is 459 g/mol. The number of para-hydroxylation sites is 1. The Labute approximate surface area is 194 Å². The van der Waals surface area contributed by atoms with E-state index >= 15 is 0 Å². The van der Waals surface area contributed by atoms with Crippen LogP contribution in [0.25, 0.3) is 0 Å². The van der Waals surface area contributed by atoms with Crippen LogP contribution in [0, 0.1) is 10.1 Å². The molecule has 0 spiro atoms. The number of amides is 4. The van der Waals surface area contributed by atoms with Crippen molar-refractivity contribution < 1.29 is 19.3 Å². The summed E-state index contributed by atoms with van der Waals surface area (Å²) in [5.74, 6) is -1.09. The number of non-ortho nitro benzene ring substituents is 1. The number of hydrogen-bond donors (Lipinski definition) is 2. The normalized spacial score (nSPS) is 12.4. The third-order valence-corrected chi connectivity index (χ3v) is 5.37. The van der Waals surface area contributed by atoms with Gasteiger partial charge < -0.3 is 11.1 Å². The molecule has 34 heavy (non-hydrogen) atoms. The first-order valence-electron chi connectivity index (χ1n) is 10.5. The predicted octanol–water partition coefficient (Wildman–Crippen LogP) is 3.71. The molecule has 1 aliphatic heterocycles. The van der Waals surface area contributed by atoms with E-state index in [1.54, 1.807) is 36.4 Å². The molecule has 0 radical (unpaired) electrons. The minimum Gasteiger partial charge on any atom is -0.399 e. The maximum atomic E-state index is 13.0. The second-order valence-electron chi connectivity index (χ2n) is 7.60. The molecule has 4 rings (SSSR count). The fourth-order valence-electron chi connectivity index (χ4n) is 3.69. The standard InChI is InChI=1S/C24H21N5O5/c25-16-7-9-18(10-8-16)28(17-5-2-1-3-6-17)24(32)26-13-4-14-27-22(30)20-12-11-19(29(33)34)15-21(20)23(27)31/h1-3,5-12,15H,4,13-14,25H2,(H,26,32). The van der Waals surface area contributed by atoms with Gasteiger partial charge in [-0.15, -0.1) is 0 Å². The summed E-state index contributed by atoms with van der Waals surface area (Å²) >= 11 is 0. The number of urea groups is 1. The summed E-state index contributed by atoms with van der Waals surface area (Å²) in [7, 11) is 0. The van der Waals surface area contributed by atoms with Crippen LogP contribution >= 0.6 is 0 Å². The molecule has 1 heterocycles. The van der Waals surface area contributed by atoms with Crippen molar-refractivity contribution in [3.63, 3.8) is 0 Å². The molecule has 0 unspecified atom stereocenters. The molecule has 172 valence electrons.